The number of methoxy groups -OCH3 is 1. The van der Waals surface area contributed by atoms with Gasteiger partial charge in [-0.05, 0) is 18.2 Å². The van der Waals surface area contributed by atoms with Gasteiger partial charge in [-0.2, -0.15) is 0 Å². The number of rotatable bonds is 6. The Balaban J connectivity index is 1.63. The first kappa shape index (κ1) is 17.3. The van der Waals surface area contributed by atoms with E-state index in [1.54, 1.807) is 25.3 Å². The molecule has 0 saturated carbocycles. The number of amides is 1. The quantitative estimate of drug-likeness (QED) is 0.712. The molecule has 0 aliphatic heterocycles. The smallest absolute Gasteiger partial charge is 0.254 e. The van der Waals surface area contributed by atoms with E-state index < -0.39 is 0 Å². The predicted molar refractivity (Wildman–Crippen MR) is 95.9 cm³/mol. The van der Waals surface area contributed by atoms with Gasteiger partial charge in [-0.1, -0.05) is 30.3 Å². The highest BCUT2D eigenvalue weighted by Gasteiger charge is 2.09. The molecule has 0 atom stereocenters. The molecule has 0 aliphatic rings. The van der Waals surface area contributed by atoms with E-state index in [-0.39, 0.29) is 23.8 Å². The highest BCUT2D eigenvalue weighted by atomic mass is 19.1. The second kappa shape index (κ2) is 8.06. The summed E-state index contributed by atoms with van der Waals surface area (Å²) in [6.45, 7) is 0.0900. The number of carbonyl (C=O) groups excluding carboxylic acids is 1. The van der Waals surface area contributed by atoms with E-state index >= 15 is 0 Å². The molecule has 1 aromatic heterocycles. The molecule has 6 nitrogen and oxygen atoms in total. The fourth-order valence-corrected chi connectivity index (χ4v) is 2.30. The summed E-state index contributed by atoms with van der Waals surface area (Å²) >= 11 is 0. The van der Waals surface area contributed by atoms with Crippen molar-refractivity contribution in [2.24, 2.45) is 0 Å². The highest BCUT2D eigenvalue weighted by molar-refractivity contribution is 5.93. The number of anilines is 2. The van der Waals surface area contributed by atoms with Gasteiger partial charge in [0.25, 0.3) is 5.91 Å². The van der Waals surface area contributed by atoms with Crippen LogP contribution in [0.4, 0.5) is 16.0 Å². The van der Waals surface area contributed by atoms with Crippen molar-refractivity contribution in [3.05, 3.63) is 77.9 Å². The number of nitrogens with zero attached hydrogens (tertiary/aromatic N) is 2. The van der Waals surface area contributed by atoms with Gasteiger partial charge in [0, 0.05) is 24.5 Å². The molecular weight excluding hydrogens is 335 g/mol. The van der Waals surface area contributed by atoms with Gasteiger partial charge in [-0.3, -0.25) is 4.79 Å². The van der Waals surface area contributed by atoms with Gasteiger partial charge in [0.1, 0.15) is 11.6 Å². The lowest BCUT2D eigenvalue weighted by molar-refractivity contribution is 0.0950. The third kappa shape index (κ3) is 4.13. The summed E-state index contributed by atoms with van der Waals surface area (Å²) in [6.07, 6.45) is 2.81. The van der Waals surface area contributed by atoms with Crippen molar-refractivity contribution in [1.82, 2.24) is 15.3 Å². The van der Waals surface area contributed by atoms with Crippen LogP contribution in [0.1, 0.15) is 15.9 Å². The average molecular weight is 352 g/mol. The molecular formula is C19H17FN4O2. The molecule has 1 heterocycles. The van der Waals surface area contributed by atoms with E-state index in [4.69, 9.17) is 4.74 Å². The Bertz CT molecular complexity index is 900. The Kier molecular flexibility index (Phi) is 5.38. The Morgan fingerprint density at radius 3 is 2.50 bits per heavy atom. The molecule has 0 aliphatic carbocycles. The van der Waals surface area contributed by atoms with Crippen LogP contribution >= 0.6 is 0 Å². The number of hydrogen-bond acceptors (Lipinski definition) is 5. The zero-order valence-electron chi connectivity index (χ0n) is 14.1. The van der Waals surface area contributed by atoms with Crippen molar-refractivity contribution in [3.8, 4) is 5.75 Å². The molecule has 0 radical (unpaired) electrons. The fraction of sp³-hybridized carbons (Fsp3) is 0.105. The van der Waals surface area contributed by atoms with E-state index in [1.165, 1.54) is 18.5 Å². The van der Waals surface area contributed by atoms with Crippen LogP contribution in [0, 0.1) is 5.82 Å². The van der Waals surface area contributed by atoms with E-state index in [0.717, 1.165) is 0 Å². The SMILES string of the molecule is COc1ccccc1Nc1ncc(C(=O)NCc2ccccc2F)cn1. The maximum absolute atomic E-state index is 13.6. The zero-order chi connectivity index (χ0) is 18.4. The van der Waals surface area contributed by atoms with E-state index in [2.05, 4.69) is 20.6 Å². The third-order valence-corrected chi connectivity index (χ3v) is 3.66. The number of halogens is 1. The molecule has 7 heteroatoms. The fourth-order valence-electron chi connectivity index (χ4n) is 2.30. The van der Waals surface area contributed by atoms with Crippen LogP contribution < -0.4 is 15.4 Å². The van der Waals surface area contributed by atoms with Gasteiger partial charge < -0.3 is 15.4 Å². The summed E-state index contributed by atoms with van der Waals surface area (Å²) < 4.78 is 18.8. The number of carbonyl (C=O) groups is 1. The minimum Gasteiger partial charge on any atom is -0.495 e. The first-order chi connectivity index (χ1) is 12.7. The molecule has 0 unspecified atom stereocenters. The molecule has 0 bridgehead atoms. The van der Waals surface area contributed by atoms with Crippen LogP contribution in [0.5, 0.6) is 5.75 Å². The normalized spacial score (nSPS) is 10.2. The molecule has 26 heavy (non-hydrogen) atoms. The Morgan fingerprint density at radius 1 is 1.08 bits per heavy atom. The maximum atomic E-state index is 13.6. The molecule has 0 spiro atoms. The molecule has 132 valence electrons. The number of aromatic nitrogens is 2. The minimum absolute atomic E-state index is 0.0900. The highest BCUT2D eigenvalue weighted by Crippen LogP contribution is 2.25. The molecule has 2 N–H and O–H groups in total. The van der Waals surface area contributed by atoms with Crippen LogP contribution in [-0.2, 0) is 6.54 Å². The number of benzene rings is 2. The van der Waals surface area contributed by atoms with Crippen LogP contribution in [0.2, 0.25) is 0 Å². The Morgan fingerprint density at radius 2 is 1.77 bits per heavy atom. The standard InChI is InChI=1S/C19H17FN4O2/c1-26-17-9-5-4-8-16(17)24-19-22-11-14(12-23-19)18(25)21-10-13-6-2-3-7-15(13)20/h2-9,11-12H,10H2,1H3,(H,21,25)(H,22,23,24). The molecule has 3 aromatic rings. The van der Waals surface area contributed by atoms with E-state index in [9.17, 15) is 9.18 Å². The van der Waals surface area contributed by atoms with Crippen molar-refractivity contribution in [2.75, 3.05) is 12.4 Å². The third-order valence-electron chi connectivity index (χ3n) is 3.66. The first-order valence-electron chi connectivity index (χ1n) is 7.91. The van der Waals surface area contributed by atoms with Gasteiger partial charge in [0.15, 0.2) is 0 Å². The summed E-state index contributed by atoms with van der Waals surface area (Å²) in [7, 11) is 1.57. The van der Waals surface area contributed by atoms with Crippen LogP contribution in [-0.4, -0.2) is 23.0 Å². The number of nitrogens with one attached hydrogen (secondary N) is 2. The Hall–Kier alpha value is -3.48. The zero-order valence-corrected chi connectivity index (χ0v) is 14.1. The summed E-state index contributed by atoms with van der Waals surface area (Å²) in [5.74, 6) is 0.250. The van der Waals surface area contributed by atoms with Gasteiger partial charge >= 0.3 is 0 Å². The summed E-state index contributed by atoms with van der Waals surface area (Å²) in [5, 5.41) is 5.67. The minimum atomic E-state index is -0.378. The lowest BCUT2D eigenvalue weighted by Crippen LogP contribution is -2.23. The number of hydrogen-bond donors (Lipinski definition) is 2. The molecule has 0 saturated heterocycles. The second-order valence-corrected chi connectivity index (χ2v) is 5.39. The van der Waals surface area contributed by atoms with Crippen LogP contribution in [0.25, 0.3) is 0 Å². The van der Waals surface area contributed by atoms with Crippen LogP contribution in [0.3, 0.4) is 0 Å². The van der Waals surface area contributed by atoms with Crippen molar-refractivity contribution >= 4 is 17.5 Å². The van der Waals surface area contributed by atoms with Gasteiger partial charge in [0.05, 0.1) is 18.4 Å². The molecule has 1 amide bonds. The number of para-hydroxylation sites is 2. The Labute approximate surface area is 150 Å². The van der Waals surface area contributed by atoms with Gasteiger partial charge in [0.2, 0.25) is 5.95 Å². The van der Waals surface area contributed by atoms with E-state index in [1.807, 2.05) is 24.3 Å². The topological polar surface area (TPSA) is 76.1 Å². The summed E-state index contributed by atoms with van der Waals surface area (Å²) in [6, 6.07) is 13.6. The first-order valence-corrected chi connectivity index (χ1v) is 7.91. The monoisotopic (exact) mass is 352 g/mol. The van der Waals surface area contributed by atoms with Gasteiger partial charge in [-0.25, -0.2) is 14.4 Å². The second-order valence-electron chi connectivity index (χ2n) is 5.39. The lowest BCUT2D eigenvalue weighted by Gasteiger charge is -2.10. The van der Waals surface area contributed by atoms with Crippen molar-refractivity contribution in [3.63, 3.8) is 0 Å². The number of ether oxygens (including phenoxy) is 1. The summed E-state index contributed by atoms with van der Waals surface area (Å²) in [5.41, 5.74) is 1.41. The largest absolute Gasteiger partial charge is 0.495 e. The molecule has 2 aromatic carbocycles. The van der Waals surface area contributed by atoms with Crippen LogP contribution in [0.15, 0.2) is 60.9 Å². The molecule has 0 fully saturated rings. The van der Waals surface area contributed by atoms with Gasteiger partial charge in [-0.15, -0.1) is 0 Å². The van der Waals surface area contributed by atoms with Crippen molar-refractivity contribution in [1.29, 1.82) is 0 Å². The van der Waals surface area contributed by atoms with Crippen molar-refractivity contribution < 1.29 is 13.9 Å². The van der Waals surface area contributed by atoms with Crippen molar-refractivity contribution in [2.45, 2.75) is 6.54 Å². The maximum Gasteiger partial charge on any atom is 0.254 e. The molecule has 3 rings (SSSR count). The lowest BCUT2D eigenvalue weighted by atomic mass is 10.2. The summed E-state index contributed by atoms with van der Waals surface area (Å²) in [4.78, 5) is 20.4. The predicted octanol–water partition coefficient (Wildman–Crippen LogP) is 3.30. The average Bonchev–Trinajstić information content (AvgIpc) is 2.68. The van der Waals surface area contributed by atoms with E-state index in [0.29, 0.717) is 22.9 Å².